The second kappa shape index (κ2) is 12.0. The van der Waals surface area contributed by atoms with Crippen molar-refractivity contribution in [3.63, 3.8) is 0 Å². The van der Waals surface area contributed by atoms with Gasteiger partial charge in [-0.1, -0.05) is 58.0 Å². The van der Waals surface area contributed by atoms with Gasteiger partial charge in [0.2, 0.25) is 5.91 Å². The molecule has 0 aliphatic carbocycles. The number of hydrogen-bond acceptors (Lipinski definition) is 6. The molecule has 0 saturated carbocycles. The van der Waals surface area contributed by atoms with Gasteiger partial charge in [0.15, 0.2) is 0 Å². The molecule has 8 nitrogen and oxygen atoms in total. The van der Waals surface area contributed by atoms with Crippen LogP contribution in [0.4, 0.5) is 4.79 Å². The van der Waals surface area contributed by atoms with E-state index in [2.05, 4.69) is 15.5 Å². The Labute approximate surface area is 166 Å². The molecular weight excluding hydrogens is 362 g/mol. The third-order valence-electron chi connectivity index (χ3n) is 3.95. The number of amides is 2. The predicted octanol–water partition coefficient (Wildman–Crippen LogP) is 2.28. The molecule has 2 unspecified atom stereocenters. The Hall–Kier alpha value is -2.61. The molecule has 28 heavy (non-hydrogen) atoms. The smallest absolute Gasteiger partial charge is 0.408 e. The average molecular weight is 393 g/mol. The highest BCUT2D eigenvalue weighted by Crippen LogP contribution is 2.10. The number of carbonyl (C=O) groups excluding carboxylic acids is 3. The van der Waals surface area contributed by atoms with E-state index in [1.54, 1.807) is 0 Å². The van der Waals surface area contributed by atoms with E-state index in [4.69, 9.17) is 10.6 Å². The summed E-state index contributed by atoms with van der Waals surface area (Å²) in [7, 11) is 0. The number of nitrogens with one attached hydrogen (secondary N) is 2. The second-order valence-corrected chi connectivity index (χ2v) is 7.52. The van der Waals surface area contributed by atoms with E-state index < -0.39 is 30.1 Å². The summed E-state index contributed by atoms with van der Waals surface area (Å²) in [6, 6.07) is 7.50. The number of ether oxygens (including phenoxy) is 1. The van der Waals surface area contributed by atoms with E-state index in [-0.39, 0.29) is 18.4 Å². The number of carbonyl (C=O) groups is 3. The third-order valence-corrected chi connectivity index (χ3v) is 3.95. The van der Waals surface area contributed by atoms with Crippen molar-refractivity contribution in [2.45, 2.75) is 59.2 Å². The van der Waals surface area contributed by atoms with Gasteiger partial charge in [0.1, 0.15) is 18.7 Å². The molecule has 0 aliphatic rings. The summed E-state index contributed by atoms with van der Waals surface area (Å²) in [4.78, 5) is 40.9. The SMILES string of the molecule is CC(C)CC(NC(=O)OCc1ccccc1)C(=O)NC(CC(C)C)C(=O)ON. The largest absolute Gasteiger partial charge is 0.445 e. The molecule has 2 atom stereocenters. The normalized spacial score (nSPS) is 13.0. The minimum absolute atomic E-state index is 0.0954. The van der Waals surface area contributed by atoms with E-state index in [1.807, 2.05) is 58.0 Å². The van der Waals surface area contributed by atoms with Crippen molar-refractivity contribution in [3.8, 4) is 0 Å². The Balaban J connectivity index is 2.72. The Kier molecular flexibility index (Phi) is 10.0. The number of alkyl carbamates (subject to hydrolysis) is 1. The molecule has 0 fully saturated rings. The van der Waals surface area contributed by atoms with E-state index in [9.17, 15) is 14.4 Å². The fraction of sp³-hybridized carbons (Fsp3) is 0.550. The van der Waals surface area contributed by atoms with Gasteiger partial charge in [-0.15, -0.1) is 0 Å². The van der Waals surface area contributed by atoms with Crippen molar-refractivity contribution in [1.82, 2.24) is 10.6 Å². The Bertz CT molecular complexity index is 634. The first-order valence-corrected chi connectivity index (χ1v) is 9.41. The number of nitrogens with two attached hydrogens (primary N) is 1. The van der Waals surface area contributed by atoms with Gasteiger partial charge in [0.25, 0.3) is 0 Å². The van der Waals surface area contributed by atoms with Gasteiger partial charge in [-0.05, 0) is 30.2 Å². The Morgan fingerprint density at radius 2 is 1.50 bits per heavy atom. The van der Waals surface area contributed by atoms with E-state index >= 15 is 0 Å². The minimum atomic E-state index is -0.880. The van der Waals surface area contributed by atoms with Crippen LogP contribution < -0.4 is 16.5 Å². The second-order valence-electron chi connectivity index (χ2n) is 7.52. The van der Waals surface area contributed by atoms with Crippen LogP contribution in [0.1, 0.15) is 46.1 Å². The van der Waals surface area contributed by atoms with Crippen LogP contribution in [0.5, 0.6) is 0 Å². The van der Waals surface area contributed by atoms with E-state index in [0.29, 0.717) is 12.8 Å². The van der Waals surface area contributed by atoms with Crippen molar-refractivity contribution in [2.24, 2.45) is 17.7 Å². The van der Waals surface area contributed by atoms with Crippen LogP contribution in [-0.4, -0.2) is 30.1 Å². The number of hydrogen-bond donors (Lipinski definition) is 3. The molecule has 4 N–H and O–H groups in total. The van der Waals surface area contributed by atoms with Crippen molar-refractivity contribution < 1.29 is 24.0 Å². The summed E-state index contributed by atoms with van der Waals surface area (Å²) in [6.07, 6.45) is 0.0546. The summed E-state index contributed by atoms with van der Waals surface area (Å²) < 4.78 is 5.19. The molecule has 0 radical (unpaired) electrons. The lowest BCUT2D eigenvalue weighted by Gasteiger charge is -2.23. The van der Waals surface area contributed by atoms with Crippen LogP contribution in [0.15, 0.2) is 30.3 Å². The molecule has 0 bridgehead atoms. The first kappa shape index (κ1) is 23.4. The zero-order valence-corrected chi connectivity index (χ0v) is 16.9. The van der Waals surface area contributed by atoms with Crippen molar-refractivity contribution >= 4 is 18.0 Å². The Morgan fingerprint density at radius 1 is 0.929 bits per heavy atom. The predicted molar refractivity (Wildman–Crippen MR) is 105 cm³/mol. The van der Waals surface area contributed by atoms with Gasteiger partial charge in [-0.2, -0.15) is 5.90 Å². The van der Waals surface area contributed by atoms with Crippen molar-refractivity contribution in [3.05, 3.63) is 35.9 Å². The average Bonchev–Trinajstić information content (AvgIpc) is 2.64. The first-order valence-electron chi connectivity index (χ1n) is 9.41. The molecule has 1 aromatic rings. The summed E-state index contributed by atoms with van der Waals surface area (Å²) >= 11 is 0. The third kappa shape index (κ3) is 8.85. The van der Waals surface area contributed by atoms with Gasteiger partial charge < -0.3 is 20.2 Å². The molecule has 0 saturated heterocycles. The van der Waals surface area contributed by atoms with Gasteiger partial charge in [-0.25, -0.2) is 9.59 Å². The Morgan fingerprint density at radius 3 is 2.04 bits per heavy atom. The van der Waals surface area contributed by atoms with Crippen LogP contribution in [0.3, 0.4) is 0 Å². The zero-order valence-electron chi connectivity index (χ0n) is 16.9. The number of benzene rings is 1. The molecule has 0 aromatic heterocycles. The summed E-state index contributed by atoms with van der Waals surface area (Å²) in [5, 5.41) is 5.20. The standard InChI is InChI=1S/C20H31N3O5/c1-13(2)10-16(18(24)22-17(11-14(3)4)19(25)28-21)23-20(26)27-12-15-8-6-5-7-9-15/h5-9,13-14,16-17H,10-12,21H2,1-4H3,(H,22,24)(H,23,26). The van der Waals surface area contributed by atoms with Crippen LogP contribution in [0.2, 0.25) is 0 Å². The van der Waals surface area contributed by atoms with Crippen LogP contribution in [-0.2, 0) is 25.8 Å². The fourth-order valence-electron chi connectivity index (χ4n) is 2.65. The molecule has 1 rings (SSSR count). The maximum absolute atomic E-state index is 12.7. The molecule has 2 amide bonds. The zero-order chi connectivity index (χ0) is 21.1. The van der Waals surface area contributed by atoms with Crippen LogP contribution in [0, 0.1) is 11.8 Å². The highest BCUT2D eigenvalue weighted by Gasteiger charge is 2.29. The lowest BCUT2D eigenvalue weighted by atomic mass is 10.0. The molecule has 8 heteroatoms. The molecule has 0 spiro atoms. The lowest BCUT2D eigenvalue weighted by molar-refractivity contribution is -0.149. The molecule has 0 aliphatic heterocycles. The van der Waals surface area contributed by atoms with Crippen molar-refractivity contribution in [1.29, 1.82) is 0 Å². The van der Waals surface area contributed by atoms with Gasteiger partial charge in [-0.3, -0.25) is 4.79 Å². The minimum Gasteiger partial charge on any atom is -0.445 e. The monoisotopic (exact) mass is 393 g/mol. The van der Waals surface area contributed by atoms with Gasteiger partial charge in [0, 0.05) is 0 Å². The number of rotatable bonds is 10. The first-order chi connectivity index (χ1) is 13.2. The molecule has 156 valence electrons. The summed E-state index contributed by atoms with van der Waals surface area (Å²) in [5.41, 5.74) is 0.838. The molecule has 1 aromatic carbocycles. The van der Waals surface area contributed by atoms with Crippen LogP contribution in [0.25, 0.3) is 0 Å². The molecule has 0 heterocycles. The maximum Gasteiger partial charge on any atom is 0.408 e. The topological polar surface area (TPSA) is 120 Å². The highest BCUT2D eigenvalue weighted by atomic mass is 16.7. The van der Waals surface area contributed by atoms with Gasteiger partial charge in [0.05, 0.1) is 0 Å². The van der Waals surface area contributed by atoms with Crippen LogP contribution >= 0.6 is 0 Å². The maximum atomic E-state index is 12.7. The lowest BCUT2D eigenvalue weighted by Crippen LogP contribution is -2.53. The van der Waals surface area contributed by atoms with E-state index in [1.165, 1.54) is 0 Å². The van der Waals surface area contributed by atoms with Gasteiger partial charge >= 0.3 is 12.1 Å². The summed E-state index contributed by atoms with van der Waals surface area (Å²) in [5.74, 6) is 4.03. The van der Waals surface area contributed by atoms with E-state index in [0.717, 1.165) is 5.56 Å². The van der Waals surface area contributed by atoms with Crippen molar-refractivity contribution in [2.75, 3.05) is 0 Å². The highest BCUT2D eigenvalue weighted by molar-refractivity contribution is 5.89. The summed E-state index contributed by atoms with van der Waals surface area (Å²) in [6.45, 7) is 7.77. The fourth-order valence-corrected chi connectivity index (χ4v) is 2.65. The quantitative estimate of drug-likeness (QED) is 0.525. The molecular formula is C20H31N3O5.